The Balaban J connectivity index is 3.36. The van der Waals surface area contributed by atoms with Crippen LogP contribution in [0.4, 0.5) is 0 Å². The highest BCUT2D eigenvalue weighted by Crippen LogP contribution is 1.96. The van der Waals surface area contributed by atoms with E-state index in [1.54, 1.807) is 7.11 Å². The molecule has 0 saturated carbocycles. The van der Waals surface area contributed by atoms with Crippen molar-refractivity contribution in [2.24, 2.45) is 0 Å². The van der Waals surface area contributed by atoms with Crippen molar-refractivity contribution in [1.29, 1.82) is 0 Å². The summed E-state index contributed by atoms with van der Waals surface area (Å²) in [6.07, 6.45) is 5.13. The summed E-state index contributed by atoms with van der Waals surface area (Å²) in [5, 5.41) is 2.16. The number of ether oxygens (including phenoxy) is 1. The van der Waals surface area contributed by atoms with Crippen LogP contribution < -0.4 is 15.3 Å². The smallest absolute Gasteiger partial charge is 0.213 e. The predicted octanol–water partition coefficient (Wildman–Crippen LogP) is 1.08. The zero-order chi connectivity index (χ0) is 9.68. The summed E-state index contributed by atoms with van der Waals surface area (Å²) in [4.78, 5) is 4.34. The van der Waals surface area contributed by atoms with Crippen LogP contribution in [0.25, 0.3) is 12.2 Å². The molecule has 0 bridgehead atoms. The molecule has 70 valence electrons. The van der Waals surface area contributed by atoms with Gasteiger partial charge in [-0.1, -0.05) is 19.1 Å². The summed E-state index contributed by atoms with van der Waals surface area (Å²) in [5.74, 6) is 0.672. The van der Waals surface area contributed by atoms with Gasteiger partial charge >= 0.3 is 0 Å². The number of nitrogens with zero attached hydrogens (tertiary/aromatic N) is 1. The number of methoxy groups -OCH3 is 1. The van der Waals surface area contributed by atoms with Crippen molar-refractivity contribution in [2.75, 3.05) is 7.11 Å². The van der Waals surface area contributed by atoms with Crippen LogP contribution in [0.5, 0.6) is 5.88 Å². The highest BCUT2D eigenvalue weighted by molar-refractivity contribution is 5.28. The third-order valence-electron chi connectivity index (χ3n) is 1.85. The van der Waals surface area contributed by atoms with E-state index in [-0.39, 0.29) is 0 Å². The van der Waals surface area contributed by atoms with Crippen molar-refractivity contribution in [2.45, 2.75) is 20.3 Å². The molecule has 0 unspecified atom stereocenters. The average molecular weight is 177 g/mol. The van der Waals surface area contributed by atoms with Gasteiger partial charge in [0.15, 0.2) is 0 Å². The number of pyridine rings is 1. The second-order valence-corrected chi connectivity index (χ2v) is 2.73. The van der Waals surface area contributed by atoms with Gasteiger partial charge in [-0.25, -0.2) is 4.98 Å². The molecule has 0 radical (unpaired) electrons. The van der Waals surface area contributed by atoms with E-state index in [1.165, 1.54) is 0 Å². The molecule has 0 amide bonds. The minimum absolute atomic E-state index is 0.672. The van der Waals surface area contributed by atoms with Gasteiger partial charge in [0.1, 0.15) is 0 Å². The molecule has 0 N–H and O–H groups in total. The van der Waals surface area contributed by atoms with E-state index in [0.717, 1.165) is 17.0 Å². The molecule has 0 atom stereocenters. The molecule has 1 rings (SSSR count). The Hall–Kier alpha value is -1.31. The van der Waals surface area contributed by atoms with E-state index in [0.29, 0.717) is 5.88 Å². The largest absolute Gasteiger partial charge is 0.481 e. The third-order valence-corrected chi connectivity index (χ3v) is 1.85. The normalized spacial score (nSPS) is 13.5. The van der Waals surface area contributed by atoms with Crippen LogP contribution >= 0.6 is 0 Å². The fourth-order valence-corrected chi connectivity index (χ4v) is 1.18. The molecular formula is C11H15NO. The lowest BCUT2D eigenvalue weighted by Gasteiger charge is -1.97. The fourth-order valence-electron chi connectivity index (χ4n) is 1.18. The maximum absolute atomic E-state index is 5.06. The van der Waals surface area contributed by atoms with Crippen LogP contribution in [0.3, 0.4) is 0 Å². The van der Waals surface area contributed by atoms with E-state index < -0.39 is 0 Å². The van der Waals surface area contributed by atoms with Crippen LogP contribution in [-0.2, 0) is 0 Å². The van der Waals surface area contributed by atoms with Gasteiger partial charge in [0.25, 0.3) is 0 Å². The quantitative estimate of drug-likeness (QED) is 0.674. The Kier molecular flexibility index (Phi) is 3.50. The Morgan fingerprint density at radius 2 is 2.23 bits per heavy atom. The van der Waals surface area contributed by atoms with Crippen LogP contribution in [0.1, 0.15) is 20.3 Å². The van der Waals surface area contributed by atoms with Crippen LogP contribution in [0.15, 0.2) is 12.1 Å². The van der Waals surface area contributed by atoms with Crippen LogP contribution in [-0.4, -0.2) is 12.1 Å². The topological polar surface area (TPSA) is 22.1 Å². The SMILES string of the molecule is C/C=c1/ccc(OC)n/c1=C/CC. The lowest BCUT2D eigenvalue weighted by Crippen LogP contribution is -2.27. The molecule has 0 aliphatic rings. The van der Waals surface area contributed by atoms with E-state index in [4.69, 9.17) is 4.74 Å². The number of aromatic nitrogens is 1. The molecule has 1 aromatic rings. The summed E-state index contributed by atoms with van der Waals surface area (Å²) in [5.41, 5.74) is 0. The zero-order valence-corrected chi connectivity index (χ0v) is 8.37. The van der Waals surface area contributed by atoms with Gasteiger partial charge < -0.3 is 4.74 Å². The van der Waals surface area contributed by atoms with E-state index in [9.17, 15) is 0 Å². The van der Waals surface area contributed by atoms with Gasteiger partial charge in [-0.05, 0) is 24.6 Å². The first-order valence-electron chi connectivity index (χ1n) is 4.49. The van der Waals surface area contributed by atoms with Gasteiger partial charge in [0, 0.05) is 6.07 Å². The minimum atomic E-state index is 0.672. The zero-order valence-electron chi connectivity index (χ0n) is 8.37. The number of hydrogen-bond acceptors (Lipinski definition) is 2. The predicted molar refractivity (Wildman–Crippen MR) is 54.9 cm³/mol. The molecule has 0 aliphatic heterocycles. The molecular weight excluding hydrogens is 162 g/mol. The summed E-state index contributed by atoms with van der Waals surface area (Å²) < 4.78 is 5.06. The molecule has 1 aromatic heterocycles. The molecule has 1 heterocycles. The summed E-state index contributed by atoms with van der Waals surface area (Å²) in [6.45, 7) is 4.11. The van der Waals surface area contributed by atoms with Crippen LogP contribution in [0, 0.1) is 0 Å². The third kappa shape index (κ3) is 2.31. The summed E-state index contributed by atoms with van der Waals surface area (Å²) >= 11 is 0. The van der Waals surface area contributed by atoms with Crippen LogP contribution in [0.2, 0.25) is 0 Å². The van der Waals surface area contributed by atoms with Crippen molar-refractivity contribution in [3.8, 4) is 5.88 Å². The maximum Gasteiger partial charge on any atom is 0.213 e. The Bertz CT molecular complexity index is 382. The maximum atomic E-state index is 5.06. The second-order valence-electron chi connectivity index (χ2n) is 2.73. The highest BCUT2D eigenvalue weighted by Gasteiger charge is 1.91. The van der Waals surface area contributed by atoms with Crippen molar-refractivity contribution in [3.05, 3.63) is 22.7 Å². The lowest BCUT2D eigenvalue weighted by molar-refractivity contribution is 0.396. The summed E-state index contributed by atoms with van der Waals surface area (Å²) in [6, 6.07) is 3.90. The number of rotatable bonds is 2. The minimum Gasteiger partial charge on any atom is -0.481 e. The number of hydrogen-bond donors (Lipinski definition) is 0. The Morgan fingerprint density at radius 1 is 1.46 bits per heavy atom. The first-order chi connectivity index (χ1) is 6.31. The fraction of sp³-hybridized carbons (Fsp3) is 0.364. The highest BCUT2D eigenvalue weighted by atomic mass is 16.5. The summed E-state index contributed by atoms with van der Waals surface area (Å²) in [7, 11) is 1.63. The van der Waals surface area contributed by atoms with Crippen molar-refractivity contribution < 1.29 is 4.74 Å². The molecule has 2 heteroatoms. The van der Waals surface area contributed by atoms with Gasteiger partial charge in [-0.15, -0.1) is 0 Å². The molecule has 0 fully saturated rings. The first kappa shape index (κ1) is 9.78. The van der Waals surface area contributed by atoms with Crippen molar-refractivity contribution in [3.63, 3.8) is 0 Å². The van der Waals surface area contributed by atoms with Gasteiger partial charge in [0.2, 0.25) is 5.88 Å². The average Bonchev–Trinajstić information content (AvgIpc) is 2.18. The molecule has 0 saturated heterocycles. The first-order valence-corrected chi connectivity index (χ1v) is 4.49. The van der Waals surface area contributed by atoms with Gasteiger partial charge in [0.05, 0.1) is 12.5 Å². The molecule has 13 heavy (non-hydrogen) atoms. The molecule has 2 nitrogen and oxygen atoms in total. The molecule has 0 aromatic carbocycles. The van der Waals surface area contributed by atoms with E-state index in [1.807, 2.05) is 25.1 Å². The Morgan fingerprint density at radius 3 is 2.77 bits per heavy atom. The van der Waals surface area contributed by atoms with Crippen molar-refractivity contribution >= 4 is 12.2 Å². The van der Waals surface area contributed by atoms with E-state index in [2.05, 4.69) is 18.0 Å². The molecule has 0 aliphatic carbocycles. The Labute approximate surface area is 78.6 Å². The lowest BCUT2D eigenvalue weighted by atomic mass is 10.3. The standard InChI is InChI=1S/C11H15NO/c1-4-6-10-9(5-2)7-8-11(12-10)13-3/h5-8H,4H2,1-3H3/b9-5-,10-6+. The van der Waals surface area contributed by atoms with Gasteiger partial charge in [-0.3, -0.25) is 0 Å². The second kappa shape index (κ2) is 4.65. The van der Waals surface area contributed by atoms with Gasteiger partial charge in [-0.2, -0.15) is 0 Å². The molecule has 0 spiro atoms. The van der Waals surface area contributed by atoms with E-state index >= 15 is 0 Å². The van der Waals surface area contributed by atoms with Crippen molar-refractivity contribution in [1.82, 2.24) is 4.98 Å². The monoisotopic (exact) mass is 177 g/mol.